The maximum Gasteiger partial charge on any atom is 0.325 e. The predicted octanol–water partition coefficient (Wildman–Crippen LogP) is 2.85. The quantitative estimate of drug-likeness (QED) is 0.698. The number of nitrogens with zero attached hydrogens (tertiary/aromatic N) is 2. The first-order valence-electron chi connectivity index (χ1n) is 10.2. The van der Waals surface area contributed by atoms with Gasteiger partial charge >= 0.3 is 6.03 Å². The molecule has 0 aromatic heterocycles. The van der Waals surface area contributed by atoms with Crippen molar-refractivity contribution in [2.75, 3.05) is 26.2 Å². The minimum Gasteiger partial charge on any atom is -0.370 e. The molecule has 7 nitrogen and oxygen atoms in total. The number of imide groups is 1. The van der Waals surface area contributed by atoms with Gasteiger partial charge in [-0.05, 0) is 36.5 Å². The minimum absolute atomic E-state index is 0.0815. The summed E-state index contributed by atoms with van der Waals surface area (Å²) in [5, 5.41) is 2.90. The van der Waals surface area contributed by atoms with Crippen LogP contribution < -0.4 is 5.32 Å². The van der Waals surface area contributed by atoms with E-state index in [1.54, 1.807) is 4.90 Å². The zero-order valence-electron chi connectivity index (χ0n) is 16.5. The van der Waals surface area contributed by atoms with Crippen LogP contribution >= 0.6 is 15.9 Å². The Labute approximate surface area is 178 Å². The Hall–Kier alpha value is -1.93. The van der Waals surface area contributed by atoms with Crippen LogP contribution in [0.3, 0.4) is 0 Å². The van der Waals surface area contributed by atoms with Crippen molar-refractivity contribution in [1.82, 2.24) is 15.1 Å². The molecule has 2 aliphatic heterocycles. The topological polar surface area (TPSA) is 79.0 Å². The Balaban J connectivity index is 1.43. The van der Waals surface area contributed by atoms with Crippen molar-refractivity contribution in [3.63, 3.8) is 0 Å². The van der Waals surface area contributed by atoms with Crippen LogP contribution in [-0.4, -0.2) is 59.4 Å². The molecule has 1 saturated carbocycles. The highest BCUT2D eigenvalue weighted by Crippen LogP contribution is 2.38. The molecule has 2 heterocycles. The Morgan fingerprint density at radius 1 is 1.28 bits per heavy atom. The predicted molar refractivity (Wildman–Crippen MR) is 110 cm³/mol. The summed E-state index contributed by atoms with van der Waals surface area (Å²) >= 11 is 3.42. The van der Waals surface area contributed by atoms with E-state index >= 15 is 0 Å². The minimum atomic E-state index is -0.833. The second kappa shape index (κ2) is 8.07. The number of carbonyl (C=O) groups excluding carboxylic acids is 3. The molecule has 1 aliphatic carbocycles. The second-order valence-corrected chi connectivity index (χ2v) is 9.11. The first-order valence-corrected chi connectivity index (χ1v) is 11.0. The van der Waals surface area contributed by atoms with Crippen molar-refractivity contribution in [3.8, 4) is 0 Å². The highest BCUT2D eigenvalue weighted by molar-refractivity contribution is 9.10. The number of nitrogens with one attached hydrogen (secondary N) is 1. The number of benzene rings is 1. The van der Waals surface area contributed by atoms with Crippen LogP contribution in [0.5, 0.6) is 0 Å². The lowest BCUT2D eigenvalue weighted by atomic mass is 9.73. The average molecular weight is 464 g/mol. The summed E-state index contributed by atoms with van der Waals surface area (Å²) in [6.07, 6.45) is 3.32. The van der Waals surface area contributed by atoms with Gasteiger partial charge in [0.15, 0.2) is 0 Å². The molecule has 3 atom stereocenters. The Bertz CT molecular complexity index is 815. The van der Waals surface area contributed by atoms with Gasteiger partial charge in [-0.1, -0.05) is 47.8 Å². The van der Waals surface area contributed by atoms with E-state index < -0.39 is 11.6 Å². The van der Waals surface area contributed by atoms with Crippen LogP contribution in [0.15, 0.2) is 28.7 Å². The number of hydrogen-bond acceptors (Lipinski definition) is 4. The second-order valence-electron chi connectivity index (χ2n) is 8.19. The van der Waals surface area contributed by atoms with Gasteiger partial charge in [-0.15, -0.1) is 0 Å². The lowest BCUT2D eigenvalue weighted by Gasteiger charge is -2.37. The highest BCUT2D eigenvalue weighted by atomic mass is 79.9. The summed E-state index contributed by atoms with van der Waals surface area (Å²) in [4.78, 5) is 41.3. The molecule has 156 valence electrons. The van der Waals surface area contributed by atoms with Crippen molar-refractivity contribution in [3.05, 3.63) is 34.3 Å². The molecule has 3 fully saturated rings. The summed E-state index contributed by atoms with van der Waals surface area (Å²) in [5.41, 5.74) is 0.163. The molecule has 1 aromatic carbocycles. The summed E-state index contributed by atoms with van der Waals surface area (Å²) in [5.74, 6) is -0.391. The van der Waals surface area contributed by atoms with E-state index in [1.165, 1.54) is 0 Å². The number of ether oxygens (including phenoxy) is 1. The molecular weight excluding hydrogens is 438 g/mol. The zero-order chi connectivity index (χ0) is 20.6. The summed E-state index contributed by atoms with van der Waals surface area (Å²) in [6, 6.07) is 7.37. The van der Waals surface area contributed by atoms with E-state index in [0.717, 1.165) is 34.2 Å². The molecule has 4 rings (SSSR count). The van der Waals surface area contributed by atoms with Gasteiger partial charge in [0.05, 0.1) is 13.2 Å². The van der Waals surface area contributed by atoms with Crippen LogP contribution in [0.25, 0.3) is 0 Å². The van der Waals surface area contributed by atoms with Gasteiger partial charge in [-0.25, -0.2) is 4.79 Å². The lowest BCUT2D eigenvalue weighted by molar-refractivity contribution is -0.144. The van der Waals surface area contributed by atoms with Crippen molar-refractivity contribution in [1.29, 1.82) is 0 Å². The molecule has 3 aliphatic rings. The van der Waals surface area contributed by atoms with Crippen LogP contribution in [0.1, 0.15) is 44.3 Å². The van der Waals surface area contributed by atoms with E-state index in [-0.39, 0.29) is 30.4 Å². The maximum atomic E-state index is 13.1. The third-order valence-corrected chi connectivity index (χ3v) is 6.98. The molecule has 8 heteroatoms. The highest BCUT2D eigenvalue weighted by Gasteiger charge is 2.55. The van der Waals surface area contributed by atoms with Crippen molar-refractivity contribution in [2.24, 2.45) is 5.92 Å². The van der Waals surface area contributed by atoms with Gasteiger partial charge in [-0.2, -0.15) is 0 Å². The maximum absolute atomic E-state index is 13.1. The van der Waals surface area contributed by atoms with E-state index in [2.05, 4.69) is 21.2 Å². The van der Waals surface area contributed by atoms with E-state index in [9.17, 15) is 14.4 Å². The van der Waals surface area contributed by atoms with Gasteiger partial charge in [-0.3, -0.25) is 14.5 Å². The number of morpholine rings is 1. The fourth-order valence-corrected chi connectivity index (χ4v) is 4.89. The number of halogens is 1. The van der Waals surface area contributed by atoms with Gasteiger partial charge < -0.3 is 15.0 Å². The number of urea groups is 1. The molecule has 1 N–H and O–H groups in total. The molecule has 1 spiro atoms. The molecular formula is C21H26BrN3O4. The van der Waals surface area contributed by atoms with Gasteiger partial charge in [0.25, 0.3) is 5.91 Å². The normalized spacial score (nSPS) is 30.0. The number of hydrogen-bond donors (Lipinski definition) is 1. The average Bonchev–Trinajstić information content (AvgIpc) is 2.96. The van der Waals surface area contributed by atoms with Crippen LogP contribution in [0.4, 0.5) is 4.79 Å². The third-order valence-electron chi connectivity index (χ3n) is 6.46. The van der Waals surface area contributed by atoms with Crippen molar-refractivity contribution < 1.29 is 19.1 Å². The van der Waals surface area contributed by atoms with E-state index in [0.29, 0.717) is 26.1 Å². The number of carbonyl (C=O) groups is 3. The van der Waals surface area contributed by atoms with E-state index in [1.807, 2.05) is 31.2 Å². The first kappa shape index (κ1) is 20.3. The standard InChI is InChI=1S/C21H26BrN3O4/c1-14-4-2-3-9-21(14)19(27)25(20(28)23-21)13-18(26)24-10-11-29-17(12-24)15-5-7-16(22)8-6-15/h5-8,14,17H,2-4,9-13H2,1H3,(H,23,28). The lowest BCUT2D eigenvalue weighted by Crippen LogP contribution is -2.54. The Morgan fingerprint density at radius 2 is 2.03 bits per heavy atom. The molecule has 0 bridgehead atoms. The fraction of sp³-hybridized carbons (Fsp3) is 0.571. The Kier molecular flexibility index (Phi) is 5.66. The third kappa shape index (κ3) is 3.80. The van der Waals surface area contributed by atoms with Crippen molar-refractivity contribution >= 4 is 33.8 Å². The molecule has 4 amide bonds. The smallest absolute Gasteiger partial charge is 0.325 e. The van der Waals surface area contributed by atoms with Gasteiger partial charge in [0.2, 0.25) is 5.91 Å². The monoisotopic (exact) mass is 463 g/mol. The largest absolute Gasteiger partial charge is 0.370 e. The molecule has 1 aromatic rings. The molecule has 29 heavy (non-hydrogen) atoms. The molecule has 3 unspecified atom stereocenters. The SMILES string of the molecule is CC1CCCCC12NC(=O)N(CC(=O)N1CCOC(c3ccc(Br)cc3)C1)C2=O. The summed E-state index contributed by atoms with van der Waals surface area (Å²) in [7, 11) is 0. The molecule has 0 radical (unpaired) electrons. The zero-order valence-corrected chi connectivity index (χ0v) is 18.1. The first-order chi connectivity index (χ1) is 13.9. The van der Waals surface area contributed by atoms with Gasteiger partial charge in [0.1, 0.15) is 18.2 Å². The summed E-state index contributed by atoms with van der Waals surface area (Å²) < 4.78 is 6.81. The summed E-state index contributed by atoms with van der Waals surface area (Å²) in [6.45, 7) is 3.08. The fourth-order valence-electron chi connectivity index (χ4n) is 4.63. The van der Waals surface area contributed by atoms with E-state index in [4.69, 9.17) is 4.74 Å². The molecule has 2 saturated heterocycles. The van der Waals surface area contributed by atoms with Crippen LogP contribution in [0.2, 0.25) is 0 Å². The number of amides is 4. The van der Waals surface area contributed by atoms with Crippen LogP contribution in [-0.2, 0) is 14.3 Å². The van der Waals surface area contributed by atoms with Crippen molar-refractivity contribution in [2.45, 2.75) is 44.2 Å². The van der Waals surface area contributed by atoms with Crippen LogP contribution in [0, 0.1) is 5.92 Å². The number of rotatable bonds is 3. The Morgan fingerprint density at radius 3 is 2.76 bits per heavy atom. The van der Waals surface area contributed by atoms with Gasteiger partial charge in [0, 0.05) is 11.0 Å².